The van der Waals surface area contributed by atoms with Gasteiger partial charge in [-0.05, 0) is 27.9 Å². The van der Waals surface area contributed by atoms with Crippen LogP contribution in [-0.2, 0) is 0 Å². The van der Waals surface area contributed by atoms with E-state index in [1.807, 2.05) is 6.07 Å². The fourth-order valence-electron chi connectivity index (χ4n) is 0.870. The van der Waals surface area contributed by atoms with Gasteiger partial charge in [0.2, 0.25) is 0 Å². The number of halogens is 3. The molecule has 0 aliphatic heterocycles. The van der Waals surface area contributed by atoms with E-state index in [2.05, 4.69) is 33.2 Å². The summed E-state index contributed by atoms with van der Waals surface area (Å²) >= 11 is 14.8. The highest BCUT2D eigenvalue weighted by atomic mass is 79.9. The van der Waals surface area contributed by atoms with Gasteiger partial charge in [-0.3, -0.25) is 0 Å². The third-order valence-electron chi connectivity index (χ3n) is 1.69. The Labute approximate surface area is 102 Å². The highest BCUT2D eigenvalue weighted by Gasteiger charge is 2.04. The number of anilines is 1. The summed E-state index contributed by atoms with van der Waals surface area (Å²) in [5.74, 6) is 1.85. The summed E-state index contributed by atoms with van der Waals surface area (Å²) in [7, 11) is 0. The predicted molar refractivity (Wildman–Crippen MR) is 65.3 cm³/mol. The van der Waals surface area contributed by atoms with Crippen LogP contribution in [-0.4, -0.2) is 17.4 Å². The Morgan fingerprint density at radius 3 is 2.93 bits per heavy atom. The molecule has 0 fully saturated rings. The fraction of sp³-hybridized carbons (Fsp3) is 0.444. The zero-order chi connectivity index (χ0) is 10.6. The summed E-state index contributed by atoms with van der Waals surface area (Å²) in [5.41, 5.74) is 0. The number of pyridine rings is 1. The summed E-state index contributed by atoms with van der Waals surface area (Å²) < 4.78 is 0.867. The van der Waals surface area contributed by atoms with Crippen LogP contribution >= 0.6 is 39.1 Å². The van der Waals surface area contributed by atoms with Crippen molar-refractivity contribution in [2.24, 2.45) is 5.92 Å². The van der Waals surface area contributed by atoms with Gasteiger partial charge in [-0.15, -0.1) is 11.6 Å². The van der Waals surface area contributed by atoms with Gasteiger partial charge < -0.3 is 5.32 Å². The summed E-state index contributed by atoms with van der Waals surface area (Å²) in [5, 5.41) is 3.81. The molecule has 0 bridgehead atoms. The van der Waals surface area contributed by atoms with Crippen LogP contribution < -0.4 is 5.32 Å². The number of rotatable bonds is 4. The maximum Gasteiger partial charge on any atom is 0.140 e. The van der Waals surface area contributed by atoms with E-state index in [-0.39, 0.29) is 0 Å². The molecule has 1 N–H and O–H groups in total. The Bertz CT molecular complexity index is 307. The minimum Gasteiger partial charge on any atom is -0.369 e. The van der Waals surface area contributed by atoms with Crippen LogP contribution in [0.25, 0.3) is 0 Å². The van der Waals surface area contributed by atoms with Gasteiger partial charge in [0.25, 0.3) is 0 Å². The van der Waals surface area contributed by atoms with Gasteiger partial charge in [0.05, 0.1) is 9.50 Å². The minimum absolute atomic E-state index is 0.418. The molecule has 0 aliphatic carbocycles. The number of alkyl halides is 1. The average molecular weight is 298 g/mol. The van der Waals surface area contributed by atoms with E-state index in [1.165, 1.54) is 0 Å². The van der Waals surface area contributed by atoms with Crippen molar-refractivity contribution in [1.82, 2.24) is 4.98 Å². The van der Waals surface area contributed by atoms with Crippen molar-refractivity contribution < 1.29 is 0 Å². The fourth-order valence-corrected chi connectivity index (χ4v) is 1.76. The van der Waals surface area contributed by atoms with Crippen LogP contribution in [0, 0.1) is 5.92 Å². The van der Waals surface area contributed by atoms with Crippen molar-refractivity contribution in [3.8, 4) is 0 Å². The Balaban J connectivity index is 2.59. The molecule has 1 rings (SSSR count). The van der Waals surface area contributed by atoms with E-state index in [0.717, 1.165) is 16.8 Å². The van der Waals surface area contributed by atoms with Crippen molar-refractivity contribution in [3.63, 3.8) is 0 Å². The highest BCUT2D eigenvalue weighted by molar-refractivity contribution is 9.10. The Hall–Kier alpha value is 0.01000. The van der Waals surface area contributed by atoms with E-state index in [9.17, 15) is 0 Å². The first kappa shape index (κ1) is 12.1. The number of hydrogen-bond donors (Lipinski definition) is 1. The molecule has 0 spiro atoms. The number of nitrogens with zero attached hydrogens (tertiary/aromatic N) is 1. The lowest BCUT2D eigenvalue weighted by Gasteiger charge is -2.10. The van der Waals surface area contributed by atoms with E-state index in [4.69, 9.17) is 23.2 Å². The van der Waals surface area contributed by atoms with E-state index >= 15 is 0 Å². The number of aromatic nitrogens is 1. The van der Waals surface area contributed by atoms with Gasteiger partial charge in [-0.2, -0.15) is 0 Å². The predicted octanol–water partition coefficient (Wildman–Crippen LogP) is 3.78. The van der Waals surface area contributed by atoms with Gasteiger partial charge in [0.15, 0.2) is 0 Å². The monoisotopic (exact) mass is 296 g/mol. The summed E-state index contributed by atoms with van der Waals surface area (Å²) in [4.78, 5) is 4.15. The molecule has 0 saturated carbocycles. The molecule has 5 heteroatoms. The van der Waals surface area contributed by atoms with Crippen LogP contribution in [0.4, 0.5) is 5.82 Å². The molecule has 1 heterocycles. The van der Waals surface area contributed by atoms with Crippen molar-refractivity contribution in [3.05, 3.63) is 21.8 Å². The molecule has 1 atom stereocenters. The standard InChI is InChI=1S/C9H11BrCl2N2/c1-6(3-11)4-13-9-8(10)2-7(12)5-14-9/h2,5-6H,3-4H2,1H3,(H,13,14). The molecular weight excluding hydrogens is 287 g/mol. The summed E-state index contributed by atoms with van der Waals surface area (Å²) in [6.45, 7) is 2.88. The maximum atomic E-state index is 5.77. The van der Waals surface area contributed by atoms with Gasteiger partial charge >= 0.3 is 0 Å². The average Bonchev–Trinajstić information content (AvgIpc) is 2.16. The lowest BCUT2D eigenvalue weighted by molar-refractivity contribution is 0.694. The molecule has 2 nitrogen and oxygen atoms in total. The SMILES string of the molecule is CC(CCl)CNc1ncc(Cl)cc1Br. The number of nitrogens with one attached hydrogen (secondary N) is 1. The zero-order valence-electron chi connectivity index (χ0n) is 7.73. The van der Waals surface area contributed by atoms with Crippen LogP contribution in [0.5, 0.6) is 0 Å². The summed E-state index contributed by atoms with van der Waals surface area (Å²) in [6, 6.07) is 1.81. The lowest BCUT2D eigenvalue weighted by Crippen LogP contribution is -2.13. The van der Waals surface area contributed by atoms with E-state index in [0.29, 0.717) is 16.8 Å². The van der Waals surface area contributed by atoms with Crippen LogP contribution in [0.1, 0.15) is 6.92 Å². The molecule has 78 valence electrons. The summed E-state index contributed by atoms with van der Waals surface area (Å²) in [6.07, 6.45) is 1.61. The molecule has 0 saturated heterocycles. The molecule has 1 aromatic heterocycles. The Morgan fingerprint density at radius 2 is 2.36 bits per heavy atom. The van der Waals surface area contributed by atoms with Crippen LogP contribution in [0.15, 0.2) is 16.7 Å². The molecular formula is C9H11BrCl2N2. The second-order valence-corrected chi connectivity index (χ2v) is 4.72. The lowest BCUT2D eigenvalue weighted by atomic mass is 10.2. The molecule has 0 radical (unpaired) electrons. The first-order valence-corrected chi connectivity index (χ1v) is 5.95. The third-order valence-corrected chi connectivity index (χ3v) is 3.03. The van der Waals surface area contributed by atoms with Crippen LogP contribution in [0.2, 0.25) is 5.02 Å². The van der Waals surface area contributed by atoms with Gasteiger partial charge in [0.1, 0.15) is 5.82 Å². The Kier molecular flexibility index (Phi) is 4.99. The molecule has 1 unspecified atom stereocenters. The zero-order valence-corrected chi connectivity index (χ0v) is 10.8. The molecule has 0 aromatic carbocycles. The highest BCUT2D eigenvalue weighted by Crippen LogP contribution is 2.23. The van der Waals surface area contributed by atoms with E-state index < -0.39 is 0 Å². The van der Waals surface area contributed by atoms with Gasteiger partial charge in [-0.1, -0.05) is 18.5 Å². The molecule has 0 aliphatic rings. The smallest absolute Gasteiger partial charge is 0.140 e. The normalized spacial score (nSPS) is 12.6. The van der Waals surface area contributed by atoms with Gasteiger partial charge in [-0.25, -0.2) is 4.98 Å². The maximum absolute atomic E-state index is 5.77. The number of hydrogen-bond acceptors (Lipinski definition) is 2. The van der Waals surface area contributed by atoms with E-state index in [1.54, 1.807) is 6.20 Å². The first-order chi connectivity index (χ1) is 6.63. The molecule has 0 amide bonds. The quantitative estimate of drug-likeness (QED) is 0.856. The second kappa shape index (κ2) is 5.79. The Morgan fingerprint density at radius 1 is 1.64 bits per heavy atom. The molecule has 1 aromatic rings. The van der Waals surface area contributed by atoms with Crippen LogP contribution in [0.3, 0.4) is 0 Å². The molecule has 14 heavy (non-hydrogen) atoms. The second-order valence-electron chi connectivity index (χ2n) is 3.12. The first-order valence-electron chi connectivity index (χ1n) is 4.24. The largest absolute Gasteiger partial charge is 0.369 e. The third kappa shape index (κ3) is 3.64. The van der Waals surface area contributed by atoms with Crippen molar-refractivity contribution >= 4 is 44.9 Å². The van der Waals surface area contributed by atoms with Crippen molar-refractivity contribution in [1.29, 1.82) is 0 Å². The minimum atomic E-state index is 0.418. The topological polar surface area (TPSA) is 24.9 Å². The van der Waals surface area contributed by atoms with Gasteiger partial charge in [0, 0.05) is 18.6 Å². The van der Waals surface area contributed by atoms with Crippen molar-refractivity contribution in [2.75, 3.05) is 17.7 Å². The van der Waals surface area contributed by atoms with Crippen molar-refractivity contribution in [2.45, 2.75) is 6.92 Å².